The summed E-state index contributed by atoms with van der Waals surface area (Å²) in [6, 6.07) is 4.80. The van der Waals surface area contributed by atoms with Crippen LogP contribution in [0.1, 0.15) is 12.5 Å². The molecule has 0 saturated carbocycles. The summed E-state index contributed by atoms with van der Waals surface area (Å²) < 4.78 is 5.19. The van der Waals surface area contributed by atoms with Crippen LogP contribution in [0.25, 0.3) is 5.03 Å². The smallest absolute Gasteiger partial charge is 0.415 e. The Morgan fingerprint density at radius 1 is 1.35 bits per heavy atom. The minimum absolute atomic E-state index is 0.289. The van der Waals surface area contributed by atoms with Crippen molar-refractivity contribution in [1.29, 1.82) is 0 Å². The van der Waals surface area contributed by atoms with Crippen molar-refractivity contribution in [3.8, 4) is 11.5 Å². The standard InChI is InChI=1S/C17H19Cl2NO2Si/c1-5-22-17(21)20-13(8-9-23(2,3)4)11-15(19)14-7-6-12(18)10-16(14)20/h6-7,10-11,13H,5H2,1-4H3. The molecule has 3 nitrogen and oxygen atoms in total. The van der Waals surface area contributed by atoms with Crippen molar-refractivity contribution in [3.05, 3.63) is 34.9 Å². The van der Waals surface area contributed by atoms with Gasteiger partial charge < -0.3 is 4.74 Å². The van der Waals surface area contributed by atoms with E-state index < -0.39 is 20.2 Å². The van der Waals surface area contributed by atoms with Gasteiger partial charge in [0.05, 0.1) is 12.3 Å². The quantitative estimate of drug-likeness (QED) is 0.507. The molecule has 0 fully saturated rings. The van der Waals surface area contributed by atoms with Crippen LogP contribution in [-0.2, 0) is 4.74 Å². The molecular formula is C17H19Cl2NO2Si. The van der Waals surface area contributed by atoms with E-state index in [1.807, 2.05) is 0 Å². The first-order valence-corrected chi connectivity index (χ1v) is 11.6. The van der Waals surface area contributed by atoms with Gasteiger partial charge in [0.15, 0.2) is 0 Å². The first-order valence-electron chi connectivity index (χ1n) is 7.39. The maximum absolute atomic E-state index is 12.4. The number of anilines is 1. The fourth-order valence-corrected chi connectivity index (χ4v) is 3.19. The summed E-state index contributed by atoms with van der Waals surface area (Å²) in [5.74, 6) is 3.17. The van der Waals surface area contributed by atoms with Gasteiger partial charge >= 0.3 is 6.09 Å². The van der Waals surface area contributed by atoms with Gasteiger partial charge in [-0.2, -0.15) is 0 Å². The Morgan fingerprint density at radius 3 is 2.65 bits per heavy atom. The number of nitrogens with zero attached hydrogens (tertiary/aromatic N) is 1. The van der Waals surface area contributed by atoms with Crippen LogP contribution in [0.2, 0.25) is 24.7 Å². The van der Waals surface area contributed by atoms with Crippen molar-refractivity contribution in [1.82, 2.24) is 0 Å². The molecule has 0 saturated heterocycles. The second kappa shape index (κ2) is 7.00. The molecule has 1 aromatic rings. The monoisotopic (exact) mass is 367 g/mol. The normalized spacial score (nSPS) is 16.9. The highest BCUT2D eigenvalue weighted by molar-refractivity contribution is 6.83. The summed E-state index contributed by atoms with van der Waals surface area (Å²) >= 11 is 12.5. The van der Waals surface area contributed by atoms with Gasteiger partial charge in [-0.25, -0.2) is 4.79 Å². The molecule has 0 spiro atoms. The molecule has 1 aromatic carbocycles. The van der Waals surface area contributed by atoms with E-state index in [2.05, 4.69) is 31.1 Å². The van der Waals surface area contributed by atoms with Gasteiger partial charge in [-0.3, -0.25) is 4.90 Å². The van der Waals surface area contributed by atoms with Crippen LogP contribution in [-0.4, -0.2) is 26.8 Å². The van der Waals surface area contributed by atoms with E-state index in [1.165, 1.54) is 4.90 Å². The minimum Gasteiger partial charge on any atom is -0.449 e. The lowest BCUT2D eigenvalue weighted by Gasteiger charge is -2.31. The Hall–Kier alpha value is -1.41. The van der Waals surface area contributed by atoms with E-state index >= 15 is 0 Å². The fourth-order valence-electron chi connectivity index (χ4n) is 2.16. The molecule has 0 aliphatic carbocycles. The number of hydrogen-bond acceptors (Lipinski definition) is 2. The third-order valence-electron chi connectivity index (χ3n) is 3.12. The SMILES string of the molecule is CCOC(=O)N1c2cc(Cl)ccc2C(Cl)=CC1C#C[Si](C)(C)C. The number of fused-ring (bicyclic) bond motifs is 1. The zero-order chi connectivity index (χ0) is 17.2. The fraction of sp³-hybridized carbons (Fsp3) is 0.353. The molecule has 1 heterocycles. The van der Waals surface area contributed by atoms with E-state index in [0.29, 0.717) is 15.7 Å². The van der Waals surface area contributed by atoms with Gasteiger partial charge in [0.2, 0.25) is 0 Å². The lowest BCUT2D eigenvalue weighted by Crippen LogP contribution is -2.41. The highest BCUT2D eigenvalue weighted by atomic mass is 35.5. The molecule has 6 heteroatoms. The summed E-state index contributed by atoms with van der Waals surface area (Å²) in [5.41, 5.74) is 4.66. The molecule has 1 aliphatic rings. The molecule has 0 bridgehead atoms. The third kappa shape index (κ3) is 4.32. The van der Waals surface area contributed by atoms with Gasteiger partial charge in [-0.05, 0) is 31.2 Å². The molecule has 23 heavy (non-hydrogen) atoms. The predicted molar refractivity (Wildman–Crippen MR) is 99.7 cm³/mol. The van der Waals surface area contributed by atoms with E-state index in [0.717, 1.165) is 5.56 Å². The van der Waals surface area contributed by atoms with Crippen molar-refractivity contribution in [3.63, 3.8) is 0 Å². The number of benzene rings is 1. The van der Waals surface area contributed by atoms with Gasteiger partial charge in [-0.1, -0.05) is 48.8 Å². The Balaban J connectivity index is 2.55. The van der Waals surface area contributed by atoms with E-state index in [9.17, 15) is 4.79 Å². The number of carbonyl (C=O) groups excluding carboxylic acids is 1. The minimum atomic E-state index is -1.59. The number of hydrogen-bond donors (Lipinski definition) is 0. The van der Waals surface area contributed by atoms with E-state index in [-0.39, 0.29) is 6.61 Å². The van der Waals surface area contributed by atoms with Crippen LogP contribution in [0.3, 0.4) is 0 Å². The van der Waals surface area contributed by atoms with Gasteiger partial charge in [0.1, 0.15) is 14.1 Å². The van der Waals surface area contributed by atoms with Crippen molar-refractivity contribution in [2.75, 3.05) is 11.5 Å². The van der Waals surface area contributed by atoms with Gasteiger partial charge in [0, 0.05) is 15.6 Å². The highest BCUT2D eigenvalue weighted by Crippen LogP contribution is 2.38. The second-order valence-electron chi connectivity index (χ2n) is 6.21. The number of halogens is 2. The molecule has 1 unspecified atom stereocenters. The summed E-state index contributed by atoms with van der Waals surface area (Å²) in [6.07, 6.45) is 1.33. The molecule has 2 rings (SSSR count). The summed E-state index contributed by atoms with van der Waals surface area (Å²) in [7, 11) is -1.59. The zero-order valence-electron chi connectivity index (χ0n) is 13.6. The van der Waals surface area contributed by atoms with Crippen molar-refractivity contribution in [2.24, 2.45) is 0 Å². The number of carbonyl (C=O) groups is 1. The molecule has 1 aliphatic heterocycles. The lowest BCUT2D eigenvalue weighted by atomic mass is 10.0. The van der Waals surface area contributed by atoms with Gasteiger partial charge in [0.25, 0.3) is 0 Å². The maximum atomic E-state index is 12.4. The number of rotatable bonds is 1. The Kier molecular flexibility index (Phi) is 5.46. The van der Waals surface area contributed by atoms with Crippen molar-refractivity contribution in [2.45, 2.75) is 32.6 Å². The average Bonchev–Trinajstić information content (AvgIpc) is 2.44. The number of ether oxygens (including phenoxy) is 1. The molecule has 0 radical (unpaired) electrons. The van der Waals surface area contributed by atoms with Crippen LogP contribution in [0, 0.1) is 11.5 Å². The Morgan fingerprint density at radius 2 is 2.04 bits per heavy atom. The largest absolute Gasteiger partial charge is 0.449 e. The second-order valence-corrected chi connectivity index (χ2v) is 11.8. The Bertz CT molecular complexity index is 714. The average molecular weight is 368 g/mol. The first-order chi connectivity index (χ1) is 10.7. The maximum Gasteiger partial charge on any atom is 0.415 e. The van der Waals surface area contributed by atoms with Gasteiger partial charge in [-0.15, -0.1) is 5.54 Å². The Labute approximate surface area is 148 Å². The van der Waals surface area contributed by atoms with Crippen LogP contribution in [0.4, 0.5) is 10.5 Å². The topological polar surface area (TPSA) is 29.5 Å². The summed E-state index contributed by atoms with van der Waals surface area (Å²) in [5, 5.41) is 1.09. The number of amides is 1. The van der Waals surface area contributed by atoms with Crippen molar-refractivity contribution >= 4 is 48.1 Å². The van der Waals surface area contributed by atoms with Crippen LogP contribution in [0.5, 0.6) is 0 Å². The van der Waals surface area contributed by atoms with Crippen LogP contribution in [0.15, 0.2) is 24.3 Å². The van der Waals surface area contributed by atoms with Crippen LogP contribution >= 0.6 is 23.2 Å². The molecule has 0 aromatic heterocycles. The predicted octanol–water partition coefficient (Wildman–Crippen LogP) is 5.15. The highest BCUT2D eigenvalue weighted by Gasteiger charge is 2.31. The summed E-state index contributed by atoms with van der Waals surface area (Å²) in [6.45, 7) is 8.50. The zero-order valence-corrected chi connectivity index (χ0v) is 16.1. The van der Waals surface area contributed by atoms with E-state index in [4.69, 9.17) is 27.9 Å². The summed E-state index contributed by atoms with van der Waals surface area (Å²) in [4.78, 5) is 14.0. The molecule has 1 amide bonds. The lowest BCUT2D eigenvalue weighted by molar-refractivity contribution is 0.159. The molecular weight excluding hydrogens is 349 g/mol. The van der Waals surface area contributed by atoms with E-state index in [1.54, 1.807) is 31.2 Å². The molecule has 1 atom stereocenters. The third-order valence-corrected chi connectivity index (χ3v) is 4.58. The molecule has 122 valence electrons. The molecule has 0 N–H and O–H groups in total. The van der Waals surface area contributed by atoms with Crippen molar-refractivity contribution < 1.29 is 9.53 Å². The van der Waals surface area contributed by atoms with Crippen LogP contribution < -0.4 is 4.90 Å². The first kappa shape index (κ1) is 17.9.